The predicted octanol–water partition coefficient (Wildman–Crippen LogP) is 5.39. The molecule has 0 aliphatic heterocycles. The Bertz CT molecular complexity index is 1570. The Kier molecular flexibility index (Phi) is 6.62. The van der Waals surface area contributed by atoms with Crippen molar-refractivity contribution in [2.24, 2.45) is 7.05 Å². The Morgan fingerprint density at radius 2 is 1.88 bits per heavy atom. The van der Waals surface area contributed by atoms with E-state index in [1.54, 1.807) is 13.2 Å². The fourth-order valence-electron chi connectivity index (χ4n) is 4.25. The van der Waals surface area contributed by atoms with Crippen molar-refractivity contribution in [3.05, 3.63) is 77.1 Å². The normalized spacial score (nSPS) is 14.8. The van der Waals surface area contributed by atoms with Crippen LogP contribution >= 0.6 is 0 Å². The number of halogens is 7. The maximum absolute atomic E-state index is 14.9. The van der Waals surface area contributed by atoms with E-state index in [0.717, 1.165) is 24.4 Å². The largest absolute Gasteiger partial charge is 0.434 e. The van der Waals surface area contributed by atoms with Crippen LogP contribution in [0.15, 0.2) is 47.4 Å². The molecule has 4 aromatic rings. The minimum atomic E-state index is -4.86. The smallest absolute Gasteiger partial charge is 0.358 e. The molecule has 40 heavy (non-hydrogen) atoms. The molecular weight excluding hydrogens is 549 g/mol. The number of carbonyl (C=O) groups excluding carboxylic acids is 1. The highest BCUT2D eigenvalue weighted by molar-refractivity contribution is 5.91. The summed E-state index contributed by atoms with van der Waals surface area (Å²) in [4.78, 5) is 20.0. The van der Waals surface area contributed by atoms with Gasteiger partial charge in [-0.2, -0.15) is 31.4 Å². The van der Waals surface area contributed by atoms with Crippen molar-refractivity contribution < 1.29 is 40.1 Å². The Morgan fingerprint density at radius 3 is 2.48 bits per heavy atom. The lowest BCUT2D eigenvalue weighted by Gasteiger charge is -2.15. The maximum Gasteiger partial charge on any atom is 0.434 e. The second-order valence-electron chi connectivity index (χ2n) is 9.43. The summed E-state index contributed by atoms with van der Waals surface area (Å²) >= 11 is 0. The quantitative estimate of drug-likeness (QED) is 0.301. The number of rotatable bonds is 7. The lowest BCUT2D eigenvalue weighted by Crippen LogP contribution is -2.28. The number of hydrogen-bond acceptors (Lipinski definition) is 6. The van der Waals surface area contributed by atoms with Gasteiger partial charge in [-0.05, 0) is 35.6 Å². The van der Waals surface area contributed by atoms with Crippen molar-refractivity contribution in [2.45, 2.75) is 43.5 Å². The molecule has 8 nitrogen and oxygen atoms in total. The van der Waals surface area contributed by atoms with E-state index >= 15 is 0 Å². The molecule has 5 rings (SSSR count). The maximum atomic E-state index is 14.9. The molecular formula is C25H19F7N6O2. The summed E-state index contributed by atoms with van der Waals surface area (Å²) in [5, 5.41) is 9.63. The minimum Gasteiger partial charge on any atom is -0.358 e. The molecule has 1 amide bonds. The fraction of sp³-hybridized carbons (Fsp3) is 0.320. The summed E-state index contributed by atoms with van der Waals surface area (Å²) in [6.45, 7) is 0. The summed E-state index contributed by atoms with van der Waals surface area (Å²) in [5.74, 6) is -2.60. The zero-order chi connectivity index (χ0) is 28.9. The standard InChI is InChI=1S/C25H19F7N6O2/c1-38-12-13(10-34-38)6-19-33-11-16(22(36-19)24(27,28)29)14-2-3-15(17(26)7-14)8-21(39)35-20-9-18(40-37-20)23(4-5-23)25(30,31)32/h2-3,7,9-12H,4-6,8H2,1H3,(H,35,37,39). The van der Waals surface area contributed by atoms with Gasteiger partial charge in [0.25, 0.3) is 0 Å². The number of alkyl halides is 6. The van der Waals surface area contributed by atoms with Gasteiger partial charge in [-0.3, -0.25) is 9.48 Å². The number of anilines is 1. The molecule has 0 radical (unpaired) electrons. The summed E-state index contributed by atoms with van der Waals surface area (Å²) in [6, 6.07) is 4.11. The van der Waals surface area contributed by atoms with Crippen LogP contribution < -0.4 is 5.32 Å². The van der Waals surface area contributed by atoms with Crippen molar-refractivity contribution in [2.75, 3.05) is 5.32 Å². The monoisotopic (exact) mass is 568 g/mol. The van der Waals surface area contributed by atoms with Crippen LogP contribution in [0.25, 0.3) is 11.1 Å². The fourth-order valence-corrected chi connectivity index (χ4v) is 4.25. The summed E-state index contributed by atoms with van der Waals surface area (Å²) < 4.78 is 102. The first kappa shape index (κ1) is 27.3. The van der Waals surface area contributed by atoms with E-state index in [9.17, 15) is 35.5 Å². The highest BCUT2D eigenvalue weighted by Crippen LogP contribution is 2.59. The number of benzene rings is 1. The van der Waals surface area contributed by atoms with Gasteiger partial charge in [-0.25, -0.2) is 14.4 Å². The molecule has 3 aromatic heterocycles. The molecule has 3 heterocycles. The van der Waals surface area contributed by atoms with Crippen LogP contribution in [0.2, 0.25) is 0 Å². The van der Waals surface area contributed by atoms with E-state index in [4.69, 9.17) is 4.52 Å². The van der Waals surface area contributed by atoms with Crippen LogP contribution in [-0.4, -0.2) is 37.0 Å². The van der Waals surface area contributed by atoms with Gasteiger partial charge in [0.15, 0.2) is 17.3 Å². The molecule has 0 atom stereocenters. The van der Waals surface area contributed by atoms with E-state index in [2.05, 4.69) is 25.5 Å². The highest BCUT2D eigenvalue weighted by atomic mass is 19.4. The molecule has 1 N–H and O–H groups in total. The van der Waals surface area contributed by atoms with E-state index in [-0.39, 0.29) is 42.0 Å². The minimum absolute atomic E-state index is 0.00378. The van der Waals surface area contributed by atoms with Crippen molar-refractivity contribution in [1.29, 1.82) is 0 Å². The van der Waals surface area contributed by atoms with Crippen LogP contribution in [0, 0.1) is 5.82 Å². The van der Waals surface area contributed by atoms with Crippen molar-refractivity contribution in [3.8, 4) is 11.1 Å². The second-order valence-corrected chi connectivity index (χ2v) is 9.43. The van der Waals surface area contributed by atoms with E-state index in [1.807, 2.05) is 0 Å². The number of aryl methyl sites for hydroxylation is 1. The van der Waals surface area contributed by atoms with E-state index < -0.39 is 52.9 Å². The van der Waals surface area contributed by atoms with Crippen LogP contribution in [0.4, 0.5) is 36.6 Å². The van der Waals surface area contributed by atoms with Gasteiger partial charge < -0.3 is 9.84 Å². The number of nitrogens with zero attached hydrogens (tertiary/aromatic N) is 5. The van der Waals surface area contributed by atoms with Gasteiger partial charge in [-0.1, -0.05) is 17.3 Å². The highest BCUT2D eigenvalue weighted by Gasteiger charge is 2.66. The van der Waals surface area contributed by atoms with Crippen LogP contribution in [0.5, 0.6) is 0 Å². The van der Waals surface area contributed by atoms with Gasteiger partial charge in [-0.15, -0.1) is 0 Å². The Hall–Kier alpha value is -4.30. The number of carbonyl (C=O) groups is 1. The molecule has 0 bridgehead atoms. The molecule has 0 unspecified atom stereocenters. The number of nitrogens with one attached hydrogen (secondary N) is 1. The first-order chi connectivity index (χ1) is 18.7. The predicted molar refractivity (Wildman–Crippen MR) is 124 cm³/mol. The first-order valence-corrected chi connectivity index (χ1v) is 11.8. The average molecular weight is 568 g/mol. The molecule has 0 spiro atoms. The topological polar surface area (TPSA) is 98.7 Å². The zero-order valence-corrected chi connectivity index (χ0v) is 20.6. The number of amides is 1. The average Bonchev–Trinajstić information content (AvgIpc) is 3.41. The van der Waals surface area contributed by atoms with Gasteiger partial charge in [0.1, 0.15) is 17.1 Å². The molecule has 1 aliphatic rings. The molecule has 1 saturated carbocycles. The van der Waals surface area contributed by atoms with Crippen molar-refractivity contribution >= 4 is 11.7 Å². The third-order valence-electron chi connectivity index (χ3n) is 6.48. The first-order valence-electron chi connectivity index (χ1n) is 11.8. The lowest BCUT2D eigenvalue weighted by molar-refractivity contribution is -0.165. The van der Waals surface area contributed by atoms with Gasteiger partial charge in [0.2, 0.25) is 5.91 Å². The van der Waals surface area contributed by atoms with E-state index in [0.29, 0.717) is 5.56 Å². The number of aromatic nitrogens is 5. The zero-order valence-electron chi connectivity index (χ0n) is 20.6. The molecule has 1 aromatic carbocycles. The molecule has 1 aliphatic carbocycles. The molecule has 0 saturated heterocycles. The summed E-state index contributed by atoms with van der Waals surface area (Å²) in [6.07, 6.45) is -6.23. The Labute approximate surface area is 221 Å². The van der Waals surface area contributed by atoms with Crippen LogP contribution in [0.1, 0.15) is 41.2 Å². The molecule has 1 fully saturated rings. The van der Waals surface area contributed by atoms with Gasteiger partial charge in [0.05, 0.1) is 12.6 Å². The lowest BCUT2D eigenvalue weighted by atomic mass is 10.0. The van der Waals surface area contributed by atoms with Crippen molar-refractivity contribution in [1.82, 2.24) is 24.9 Å². The number of hydrogen-bond donors (Lipinski definition) is 1. The Morgan fingerprint density at radius 1 is 1.12 bits per heavy atom. The third kappa shape index (κ3) is 5.40. The third-order valence-corrected chi connectivity index (χ3v) is 6.48. The van der Waals surface area contributed by atoms with Crippen LogP contribution in [0.3, 0.4) is 0 Å². The SMILES string of the molecule is Cn1cc(Cc2ncc(-c3ccc(CC(=O)Nc4cc(C5(C(F)(F)F)CC5)on4)c(F)c3)c(C(F)(F)F)n2)cn1. The summed E-state index contributed by atoms with van der Waals surface area (Å²) in [7, 11) is 1.65. The van der Waals surface area contributed by atoms with Gasteiger partial charge >= 0.3 is 12.4 Å². The van der Waals surface area contributed by atoms with Crippen molar-refractivity contribution in [3.63, 3.8) is 0 Å². The van der Waals surface area contributed by atoms with Gasteiger partial charge in [0, 0.05) is 37.5 Å². The Balaban J connectivity index is 1.31. The summed E-state index contributed by atoms with van der Waals surface area (Å²) in [5.41, 5.74) is -3.55. The molecule has 15 heteroatoms. The van der Waals surface area contributed by atoms with Crippen LogP contribution in [-0.2, 0) is 36.3 Å². The van der Waals surface area contributed by atoms with E-state index in [1.165, 1.54) is 16.9 Å². The second kappa shape index (κ2) is 9.71. The molecule has 210 valence electrons.